The van der Waals surface area contributed by atoms with Crippen molar-refractivity contribution in [1.29, 1.82) is 0 Å². The Balaban J connectivity index is 1.74. The maximum atomic E-state index is 12.1. The number of ether oxygens (including phenoxy) is 5. The average molecular weight is 587 g/mol. The van der Waals surface area contributed by atoms with Crippen molar-refractivity contribution in [2.24, 2.45) is 5.41 Å². The molecule has 0 aliphatic carbocycles. The van der Waals surface area contributed by atoms with E-state index in [2.05, 4.69) is 13.2 Å². The Kier molecular flexibility index (Phi) is 11.3. The first-order valence-electron chi connectivity index (χ1n) is 13.8. The van der Waals surface area contributed by atoms with Crippen LogP contribution in [0, 0.1) is 5.41 Å². The zero-order valence-electron chi connectivity index (χ0n) is 25.4. The summed E-state index contributed by atoms with van der Waals surface area (Å²) in [7, 11) is 0. The standard InChI is InChI=1S/C35H38O8/c1-23(2)32(36)41-18-16-39-30-20-28(21-31(22-30)40-17-19-42-34(38)35(5,6)7)27-10-8-25(9-11-27)26-12-14-29(15-13-26)43-33(37)24(3)4/h8-15,20-22H,1,3,16-19H2,2,4-7H3. The molecule has 3 aromatic rings. The van der Waals surface area contributed by atoms with E-state index in [1.165, 1.54) is 0 Å². The Morgan fingerprint density at radius 3 is 1.49 bits per heavy atom. The van der Waals surface area contributed by atoms with Crippen LogP contribution in [0.1, 0.15) is 34.6 Å². The van der Waals surface area contributed by atoms with Crippen molar-refractivity contribution in [3.63, 3.8) is 0 Å². The van der Waals surface area contributed by atoms with Gasteiger partial charge in [-0.25, -0.2) is 9.59 Å². The smallest absolute Gasteiger partial charge is 0.338 e. The van der Waals surface area contributed by atoms with E-state index in [1.54, 1.807) is 52.8 Å². The molecule has 0 unspecified atom stereocenters. The van der Waals surface area contributed by atoms with Crippen LogP contribution in [-0.2, 0) is 23.9 Å². The van der Waals surface area contributed by atoms with Crippen LogP contribution in [0.2, 0.25) is 0 Å². The van der Waals surface area contributed by atoms with Crippen molar-refractivity contribution in [1.82, 2.24) is 0 Å². The van der Waals surface area contributed by atoms with E-state index in [4.69, 9.17) is 23.7 Å². The molecule has 0 heterocycles. The third kappa shape index (κ3) is 10.2. The number of hydrogen-bond donors (Lipinski definition) is 0. The lowest BCUT2D eigenvalue weighted by molar-refractivity contribution is -0.153. The van der Waals surface area contributed by atoms with Crippen molar-refractivity contribution >= 4 is 17.9 Å². The second kappa shape index (κ2) is 14.9. The molecule has 8 nitrogen and oxygen atoms in total. The molecule has 226 valence electrons. The highest BCUT2D eigenvalue weighted by atomic mass is 16.6. The van der Waals surface area contributed by atoms with Gasteiger partial charge in [-0.05, 0) is 81.1 Å². The number of carbonyl (C=O) groups excluding carboxylic acids is 3. The zero-order chi connectivity index (χ0) is 31.6. The summed E-state index contributed by atoms with van der Waals surface area (Å²) < 4.78 is 27.5. The van der Waals surface area contributed by atoms with Gasteiger partial charge >= 0.3 is 17.9 Å². The molecule has 8 heteroatoms. The van der Waals surface area contributed by atoms with E-state index < -0.39 is 17.4 Å². The second-order valence-corrected chi connectivity index (χ2v) is 11.0. The Morgan fingerprint density at radius 2 is 1.02 bits per heavy atom. The molecule has 0 saturated heterocycles. The normalized spacial score (nSPS) is 10.8. The Hall–Kier alpha value is -4.85. The zero-order valence-corrected chi connectivity index (χ0v) is 25.4. The highest BCUT2D eigenvalue weighted by Crippen LogP contribution is 2.32. The van der Waals surface area contributed by atoms with Gasteiger partial charge in [-0.3, -0.25) is 4.79 Å². The van der Waals surface area contributed by atoms with Crippen LogP contribution >= 0.6 is 0 Å². The topological polar surface area (TPSA) is 97.4 Å². The largest absolute Gasteiger partial charge is 0.490 e. The van der Waals surface area contributed by atoms with Crippen LogP contribution in [0.4, 0.5) is 0 Å². The maximum Gasteiger partial charge on any atom is 0.338 e. The summed E-state index contributed by atoms with van der Waals surface area (Å²) in [5, 5.41) is 0. The van der Waals surface area contributed by atoms with E-state index in [0.717, 1.165) is 22.3 Å². The molecule has 0 spiro atoms. The average Bonchev–Trinajstić information content (AvgIpc) is 2.97. The van der Waals surface area contributed by atoms with Gasteiger partial charge in [-0.2, -0.15) is 0 Å². The molecule has 43 heavy (non-hydrogen) atoms. The lowest BCUT2D eigenvalue weighted by Crippen LogP contribution is -2.24. The molecule has 0 radical (unpaired) electrons. The lowest BCUT2D eigenvalue weighted by atomic mass is 9.97. The van der Waals surface area contributed by atoms with E-state index in [-0.39, 0.29) is 32.4 Å². The van der Waals surface area contributed by atoms with Crippen LogP contribution in [0.5, 0.6) is 17.2 Å². The molecule has 0 fully saturated rings. The first-order valence-corrected chi connectivity index (χ1v) is 13.8. The fraction of sp³-hybridized carbons (Fsp3) is 0.286. The third-order valence-electron chi connectivity index (χ3n) is 5.98. The molecule has 0 bridgehead atoms. The molecule has 0 aliphatic heterocycles. The molecule has 0 N–H and O–H groups in total. The van der Waals surface area contributed by atoms with Crippen molar-refractivity contribution in [2.45, 2.75) is 34.6 Å². The number of hydrogen-bond acceptors (Lipinski definition) is 8. The molecule has 3 rings (SSSR count). The fourth-order valence-corrected chi connectivity index (χ4v) is 3.60. The monoisotopic (exact) mass is 586 g/mol. The van der Waals surface area contributed by atoms with Gasteiger partial charge in [0.15, 0.2) is 0 Å². The summed E-state index contributed by atoms with van der Waals surface area (Å²) in [4.78, 5) is 35.5. The highest BCUT2D eigenvalue weighted by molar-refractivity contribution is 5.89. The summed E-state index contributed by atoms with van der Waals surface area (Å²) in [5.41, 5.74) is 3.74. The first-order chi connectivity index (χ1) is 20.3. The van der Waals surface area contributed by atoms with Gasteiger partial charge in [0.1, 0.15) is 43.7 Å². The van der Waals surface area contributed by atoms with Crippen LogP contribution in [0.3, 0.4) is 0 Å². The van der Waals surface area contributed by atoms with Gasteiger partial charge in [0, 0.05) is 17.2 Å². The number of benzene rings is 3. The van der Waals surface area contributed by atoms with E-state index in [1.807, 2.05) is 48.5 Å². The van der Waals surface area contributed by atoms with Crippen molar-refractivity contribution in [3.8, 4) is 39.5 Å². The number of rotatable bonds is 13. The van der Waals surface area contributed by atoms with E-state index in [0.29, 0.717) is 28.4 Å². The van der Waals surface area contributed by atoms with Crippen molar-refractivity contribution < 1.29 is 38.1 Å². The van der Waals surface area contributed by atoms with Crippen LogP contribution in [0.15, 0.2) is 91.0 Å². The van der Waals surface area contributed by atoms with Gasteiger partial charge in [0.2, 0.25) is 0 Å². The van der Waals surface area contributed by atoms with Crippen LogP contribution < -0.4 is 14.2 Å². The SMILES string of the molecule is C=C(C)C(=O)OCCOc1cc(OCCOC(=O)C(C)(C)C)cc(-c2ccc(-c3ccc(OC(=O)C(=C)C)cc3)cc2)c1. The van der Waals surface area contributed by atoms with Gasteiger partial charge in [0.25, 0.3) is 0 Å². The van der Waals surface area contributed by atoms with Crippen molar-refractivity contribution in [3.05, 3.63) is 91.0 Å². The number of esters is 3. The maximum absolute atomic E-state index is 12.1. The quantitative estimate of drug-likeness (QED) is 0.0917. The van der Waals surface area contributed by atoms with Gasteiger partial charge < -0.3 is 23.7 Å². The van der Waals surface area contributed by atoms with Crippen LogP contribution in [-0.4, -0.2) is 44.3 Å². The van der Waals surface area contributed by atoms with Crippen LogP contribution in [0.25, 0.3) is 22.3 Å². The fourth-order valence-electron chi connectivity index (χ4n) is 3.60. The minimum atomic E-state index is -0.597. The number of carbonyl (C=O) groups is 3. The minimum absolute atomic E-state index is 0.0642. The van der Waals surface area contributed by atoms with E-state index in [9.17, 15) is 14.4 Å². The molecule has 0 aliphatic rings. The summed E-state index contributed by atoms with van der Waals surface area (Å²) in [6.45, 7) is 16.2. The minimum Gasteiger partial charge on any atom is -0.490 e. The van der Waals surface area contributed by atoms with Crippen molar-refractivity contribution in [2.75, 3.05) is 26.4 Å². The molecule has 0 saturated carbocycles. The molecule has 0 amide bonds. The van der Waals surface area contributed by atoms with Gasteiger partial charge in [0.05, 0.1) is 5.41 Å². The molecule has 0 aromatic heterocycles. The summed E-state index contributed by atoms with van der Waals surface area (Å²) in [6, 6.07) is 20.6. The Morgan fingerprint density at radius 1 is 0.581 bits per heavy atom. The summed E-state index contributed by atoms with van der Waals surface area (Å²) in [5.74, 6) is 0.247. The predicted octanol–water partition coefficient (Wildman–Crippen LogP) is 6.97. The summed E-state index contributed by atoms with van der Waals surface area (Å²) >= 11 is 0. The second-order valence-electron chi connectivity index (χ2n) is 11.0. The molecular weight excluding hydrogens is 548 g/mol. The highest BCUT2D eigenvalue weighted by Gasteiger charge is 2.22. The predicted molar refractivity (Wildman–Crippen MR) is 165 cm³/mol. The summed E-state index contributed by atoms with van der Waals surface area (Å²) in [6.07, 6.45) is 0. The molecular formula is C35H38O8. The molecule has 3 aromatic carbocycles. The van der Waals surface area contributed by atoms with Gasteiger partial charge in [-0.1, -0.05) is 49.6 Å². The Bertz CT molecular complexity index is 1460. The lowest BCUT2D eigenvalue weighted by Gasteiger charge is -2.17. The first kappa shape index (κ1) is 32.7. The van der Waals surface area contributed by atoms with Gasteiger partial charge in [-0.15, -0.1) is 0 Å². The Labute approximate surface area is 252 Å². The molecule has 0 atom stereocenters. The third-order valence-corrected chi connectivity index (χ3v) is 5.98. The van der Waals surface area contributed by atoms with E-state index >= 15 is 0 Å².